The Morgan fingerprint density at radius 2 is 1.85 bits per heavy atom. The molecule has 2 rings (SSSR count). The summed E-state index contributed by atoms with van der Waals surface area (Å²) in [6, 6.07) is 6.98. The van der Waals surface area contributed by atoms with Gasteiger partial charge in [-0.15, -0.1) is 0 Å². The Labute approximate surface area is 115 Å². The fourth-order valence-corrected chi connectivity index (χ4v) is 1.72. The molecular formula is C13H13NO6. The molecule has 1 aliphatic rings. The van der Waals surface area contributed by atoms with Crippen LogP contribution in [0.2, 0.25) is 0 Å². The van der Waals surface area contributed by atoms with E-state index in [1.165, 1.54) is 7.11 Å². The summed E-state index contributed by atoms with van der Waals surface area (Å²) in [5.41, 5.74) is 0.644. The molecule has 2 amide bonds. The maximum absolute atomic E-state index is 11.4. The van der Waals surface area contributed by atoms with Crippen LogP contribution in [0, 0.1) is 0 Å². The molecule has 0 radical (unpaired) electrons. The second kappa shape index (κ2) is 6.05. The molecule has 0 N–H and O–H groups in total. The van der Waals surface area contributed by atoms with Crippen molar-refractivity contribution >= 4 is 18.0 Å². The lowest BCUT2D eigenvalue weighted by Crippen LogP contribution is -2.32. The minimum atomic E-state index is -1.11. The van der Waals surface area contributed by atoms with E-state index in [0.29, 0.717) is 16.4 Å². The first-order valence-corrected chi connectivity index (χ1v) is 5.94. The number of carbonyl (C=O) groups excluding carboxylic acids is 3. The average molecular weight is 279 g/mol. The minimum Gasteiger partial charge on any atom is -0.496 e. The third kappa shape index (κ3) is 3.05. The first-order chi connectivity index (χ1) is 9.61. The smallest absolute Gasteiger partial charge is 0.496 e. The molecule has 1 aliphatic heterocycles. The Hall–Kier alpha value is -2.57. The van der Waals surface area contributed by atoms with Crippen LogP contribution in [0.3, 0.4) is 0 Å². The normalized spacial score (nSPS) is 14.3. The predicted molar refractivity (Wildman–Crippen MR) is 65.4 cm³/mol. The van der Waals surface area contributed by atoms with Crippen molar-refractivity contribution in [3.05, 3.63) is 29.8 Å². The zero-order valence-corrected chi connectivity index (χ0v) is 10.8. The molecule has 7 nitrogen and oxygen atoms in total. The number of imide groups is 1. The molecule has 1 fully saturated rings. The van der Waals surface area contributed by atoms with Crippen molar-refractivity contribution in [2.45, 2.75) is 19.4 Å². The van der Waals surface area contributed by atoms with E-state index in [2.05, 4.69) is 4.84 Å². The summed E-state index contributed by atoms with van der Waals surface area (Å²) >= 11 is 0. The SMILES string of the molecule is COc1ccccc1COC(=O)ON1C(=O)CCC1=O. The quantitative estimate of drug-likeness (QED) is 0.612. The molecule has 1 saturated heterocycles. The highest BCUT2D eigenvalue weighted by Gasteiger charge is 2.33. The average Bonchev–Trinajstić information content (AvgIpc) is 2.77. The van der Waals surface area contributed by atoms with Crippen LogP contribution in [0.4, 0.5) is 4.79 Å². The number of methoxy groups -OCH3 is 1. The highest BCUT2D eigenvalue weighted by Crippen LogP contribution is 2.19. The van der Waals surface area contributed by atoms with Gasteiger partial charge < -0.3 is 9.47 Å². The van der Waals surface area contributed by atoms with Gasteiger partial charge in [-0.1, -0.05) is 23.3 Å². The zero-order chi connectivity index (χ0) is 14.5. The maximum atomic E-state index is 11.4. The third-order valence-corrected chi connectivity index (χ3v) is 2.71. The lowest BCUT2D eigenvalue weighted by atomic mass is 10.2. The van der Waals surface area contributed by atoms with Gasteiger partial charge in [-0.25, -0.2) is 4.79 Å². The Morgan fingerprint density at radius 3 is 2.50 bits per heavy atom. The Kier molecular flexibility index (Phi) is 4.19. The van der Waals surface area contributed by atoms with E-state index in [0.717, 1.165) is 0 Å². The van der Waals surface area contributed by atoms with Crippen LogP contribution >= 0.6 is 0 Å². The van der Waals surface area contributed by atoms with Gasteiger partial charge in [-0.2, -0.15) is 0 Å². The fourth-order valence-electron chi connectivity index (χ4n) is 1.72. The summed E-state index contributed by atoms with van der Waals surface area (Å²) in [4.78, 5) is 38.5. The van der Waals surface area contributed by atoms with E-state index in [9.17, 15) is 14.4 Å². The molecule has 0 unspecified atom stereocenters. The van der Waals surface area contributed by atoms with Gasteiger partial charge in [0.15, 0.2) is 0 Å². The van der Waals surface area contributed by atoms with Crippen molar-refractivity contribution < 1.29 is 28.7 Å². The van der Waals surface area contributed by atoms with Crippen molar-refractivity contribution in [3.8, 4) is 5.75 Å². The van der Waals surface area contributed by atoms with Crippen molar-refractivity contribution in [2.24, 2.45) is 0 Å². The predicted octanol–water partition coefficient (Wildman–Crippen LogP) is 1.41. The maximum Gasteiger partial charge on any atom is 0.534 e. The molecule has 20 heavy (non-hydrogen) atoms. The van der Waals surface area contributed by atoms with Gasteiger partial charge in [0.2, 0.25) is 0 Å². The summed E-state index contributed by atoms with van der Waals surface area (Å²) in [6.07, 6.45) is -1.03. The summed E-state index contributed by atoms with van der Waals surface area (Å²) < 4.78 is 9.94. The Bertz CT molecular complexity index is 525. The number of amides is 2. The second-order valence-corrected chi connectivity index (χ2v) is 4.02. The molecule has 1 aromatic carbocycles. The van der Waals surface area contributed by atoms with Crippen molar-refractivity contribution in [2.75, 3.05) is 7.11 Å². The van der Waals surface area contributed by atoms with Gasteiger partial charge in [0.05, 0.1) is 7.11 Å². The van der Waals surface area contributed by atoms with Crippen LogP contribution in [0.5, 0.6) is 5.75 Å². The molecule has 0 spiro atoms. The summed E-state index contributed by atoms with van der Waals surface area (Å²) in [5, 5.41) is 0.435. The fraction of sp³-hybridized carbons (Fsp3) is 0.308. The number of hydroxylamine groups is 2. The molecule has 0 saturated carbocycles. The number of para-hydroxylation sites is 1. The number of hydrogen-bond acceptors (Lipinski definition) is 6. The first-order valence-electron chi connectivity index (χ1n) is 5.94. The van der Waals surface area contributed by atoms with Crippen LogP contribution in [0.15, 0.2) is 24.3 Å². The standard InChI is InChI=1S/C13H13NO6/c1-18-10-5-3-2-4-9(10)8-19-13(17)20-14-11(15)6-7-12(14)16/h2-5H,6-8H2,1H3. The van der Waals surface area contributed by atoms with Crippen molar-refractivity contribution in [1.82, 2.24) is 5.06 Å². The molecule has 7 heteroatoms. The second-order valence-electron chi connectivity index (χ2n) is 4.02. The number of carbonyl (C=O) groups is 3. The number of nitrogens with zero attached hydrogens (tertiary/aromatic N) is 1. The molecule has 0 aromatic heterocycles. The first kappa shape index (κ1) is 13.9. The van der Waals surface area contributed by atoms with Gasteiger partial charge in [0.1, 0.15) is 12.4 Å². The van der Waals surface area contributed by atoms with E-state index < -0.39 is 18.0 Å². The summed E-state index contributed by atoms with van der Waals surface area (Å²) in [5.74, 6) is -0.540. The highest BCUT2D eigenvalue weighted by molar-refractivity contribution is 6.01. The molecule has 0 bridgehead atoms. The van der Waals surface area contributed by atoms with Crippen LogP contribution < -0.4 is 4.74 Å². The van der Waals surface area contributed by atoms with Gasteiger partial charge in [-0.05, 0) is 6.07 Å². The Balaban J connectivity index is 1.89. The van der Waals surface area contributed by atoms with Crippen molar-refractivity contribution in [3.63, 3.8) is 0 Å². The molecule has 0 atom stereocenters. The van der Waals surface area contributed by atoms with Crippen LogP contribution in [-0.2, 0) is 25.8 Å². The van der Waals surface area contributed by atoms with E-state index in [-0.39, 0.29) is 19.4 Å². The number of ether oxygens (including phenoxy) is 2. The highest BCUT2D eigenvalue weighted by atomic mass is 16.8. The number of benzene rings is 1. The third-order valence-electron chi connectivity index (χ3n) is 2.71. The Morgan fingerprint density at radius 1 is 1.20 bits per heavy atom. The van der Waals surface area contributed by atoms with E-state index in [4.69, 9.17) is 9.47 Å². The van der Waals surface area contributed by atoms with E-state index in [1.807, 2.05) is 0 Å². The van der Waals surface area contributed by atoms with Gasteiger partial charge in [0, 0.05) is 18.4 Å². The lowest BCUT2D eigenvalue weighted by Gasteiger charge is -2.13. The van der Waals surface area contributed by atoms with E-state index in [1.54, 1.807) is 24.3 Å². The molecule has 1 aromatic rings. The monoisotopic (exact) mass is 279 g/mol. The van der Waals surface area contributed by atoms with Crippen LogP contribution in [-0.4, -0.2) is 30.1 Å². The number of hydrogen-bond donors (Lipinski definition) is 0. The topological polar surface area (TPSA) is 82.1 Å². The number of rotatable bonds is 4. The zero-order valence-electron chi connectivity index (χ0n) is 10.8. The lowest BCUT2D eigenvalue weighted by molar-refractivity contribution is -0.177. The van der Waals surface area contributed by atoms with Gasteiger partial charge in [-0.3, -0.25) is 14.4 Å². The van der Waals surface area contributed by atoms with Crippen LogP contribution in [0.25, 0.3) is 0 Å². The molecule has 106 valence electrons. The molecular weight excluding hydrogens is 266 g/mol. The minimum absolute atomic E-state index is 0.0403. The summed E-state index contributed by atoms with van der Waals surface area (Å²) in [7, 11) is 1.50. The van der Waals surface area contributed by atoms with E-state index >= 15 is 0 Å². The molecule has 0 aliphatic carbocycles. The summed E-state index contributed by atoms with van der Waals surface area (Å²) in [6.45, 7) is -0.0843. The molecule has 1 heterocycles. The van der Waals surface area contributed by atoms with Gasteiger partial charge >= 0.3 is 6.16 Å². The largest absolute Gasteiger partial charge is 0.534 e. The van der Waals surface area contributed by atoms with Gasteiger partial charge in [0.25, 0.3) is 11.8 Å². The van der Waals surface area contributed by atoms with Crippen molar-refractivity contribution in [1.29, 1.82) is 0 Å². The van der Waals surface area contributed by atoms with Crippen LogP contribution in [0.1, 0.15) is 18.4 Å².